The van der Waals surface area contributed by atoms with E-state index < -0.39 is 0 Å². The first-order chi connectivity index (χ1) is 16.4. The minimum atomic E-state index is -0.287. The number of rotatable bonds is 7. The summed E-state index contributed by atoms with van der Waals surface area (Å²) in [4.78, 5) is 25.5. The number of anilines is 2. The smallest absolute Gasteiger partial charge is 0.257 e. The summed E-state index contributed by atoms with van der Waals surface area (Å²) in [7, 11) is 1.88. The fraction of sp³-hybridized carbons (Fsp3) is 0.154. The van der Waals surface area contributed by atoms with Gasteiger partial charge in [-0.2, -0.15) is 0 Å². The Morgan fingerprint density at radius 1 is 0.882 bits per heavy atom. The Kier molecular flexibility index (Phi) is 7.08. The van der Waals surface area contributed by atoms with Crippen molar-refractivity contribution in [1.29, 1.82) is 0 Å². The van der Waals surface area contributed by atoms with Crippen LogP contribution in [0.2, 0.25) is 0 Å². The van der Waals surface area contributed by atoms with Crippen LogP contribution in [0.1, 0.15) is 21.5 Å². The molecule has 1 aromatic heterocycles. The second-order valence-corrected chi connectivity index (χ2v) is 8.88. The lowest BCUT2D eigenvalue weighted by molar-refractivity contribution is -0.113. The van der Waals surface area contributed by atoms with Crippen LogP contribution in [0.4, 0.5) is 11.4 Å². The molecule has 34 heavy (non-hydrogen) atoms. The van der Waals surface area contributed by atoms with Crippen molar-refractivity contribution >= 4 is 35.0 Å². The Bertz CT molecular complexity index is 1350. The molecule has 2 N–H and O–H groups in total. The lowest BCUT2D eigenvalue weighted by Crippen LogP contribution is -2.19. The molecule has 0 atom stereocenters. The van der Waals surface area contributed by atoms with Crippen molar-refractivity contribution in [2.24, 2.45) is 7.05 Å². The number of hydrogen-bond acceptors (Lipinski definition) is 5. The van der Waals surface area contributed by atoms with Gasteiger partial charge in [-0.1, -0.05) is 59.8 Å². The molecule has 8 heteroatoms. The summed E-state index contributed by atoms with van der Waals surface area (Å²) in [5.41, 5.74) is 4.71. The highest BCUT2D eigenvalue weighted by Crippen LogP contribution is 2.24. The summed E-state index contributed by atoms with van der Waals surface area (Å²) < 4.78 is 1.87. The lowest BCUT2D eigenvalue weighted by Gasteiger charge is -2.12. The molecule has 0 saturated heterocycles. The summed E-state index contributed by atoms with van der Waals surface area (Å²) >= 11 is 1.29. The van der Waals surface area contributed by atoms with Gasteiger partial charge in [-0.15, -0.1) is 10.2 Å². The Labute approximate surface area is 202 Å². The van der Waals surface area contributed by atoms with Gasteiger partial charge in [0.2, 0.25) is 5.91 Å². The minimum Gasteiger partial charge on any atom is -0.325 e. The van der Waals surface area contributed by atoms with Gasteiger partial charge in [0.1, 0.15) is 0 Å². The maximum Gasteiger partial charge on any atom is 0.257 e. The van der Waals surface area contributed by atoms with Crippen LogP contribution in [0, 0.1) is 13.8 Å². The average Bonchev–Trinajstić information content (AvgIpc) is 3.18. The molecule has 7 nitrogen and oxygen atoms in total. The third-order valence-electron chi connectivity index (χ3n) is 5.17. The van der Waals surface area contributed by atoms with Crippen molar-refractivity contribution < 1.29 is 9.59 Å². The predicted molar refractivity (Wildman–Crippen MR) is 136 cm³/mol. The minimum absolute atomic E-state index is 0.133. The highest BCUT2D eigenvalue weighted by Gasteiger charge is 2.16. The van der Waals surface area contributed by atoms with Gasteiger partial charge < -0.3 is 15.2 Å². The first-order valence-electron chi connectivity index (χ1n) is 10.8. The van der Waals surface area contributed by atoms with Gasteiger partial charge in [0, 0.05) is 18.3 Å². The molecule has 0 unspecified atom stereocenters. The van der Waals surface area contributed by atoms with Crippen molar-refractivity contribution in [2.75, 3.05) is 16.4 Å². The van der Waals surface area contributed by atoms with Crippen LogP contribution in [-0.2, 0) is 11.8 Å². The van der Waals surface area contributed by atoms with E-state index in [9.17, 15) is 9.59 Å². The molecule has 1 heterocycles. The van der Waals surface area contributed by atoms with E-state index in [1.54, 1.807) is 24.3 Å². The molecule has 0 aliphatic rings. The first-order valence-corrected chi connectivity index (χ1v) is 11.8. The SMILES string of the molecule is Cc1cccc(NC(=O)c2ccccc2NC(=O)CSc2nnc(-c3cccc(C)c3)n2C)c1. The Morgan fingerprint density at radius 2 is 1.62 bits per heavy atom. The molecule has 0 bridgehead atoms. The second kappa shape index (κ2) is 10.4. The van der Waals surface area contributed by atoms with Crippen LogP contribution in [-0.4, -0.2) is 32.3 Å². The highest BCUT2D eigenvalue weighted by molar-refractivity contribution is 7.99. The average molecular weight is 472 g/mol. The topological polar surface area (TPSA) is 88.9 Å². The molecule has 0 saturated carbocycles. The zero-order valence-corrected chi connectivity index (χ0v) is 20.0. The van der Waals surface area contributed by atoms with Crippen molar-refractivity contribution in [2.45, 2.75) is 19.0 Å². The molecular formula is C26H25N5O2S. The van der Waals surface area contributed by atoms with Crippen molar-refractivity contribution in [3.8, 4) is 11.4 Å². The Morgan fingerprint density at radius 3 is 2.38 bits per heavy atom. The lowest BCUT2D eigenvalue weighted by atomic mass is 10.1. The van der Waals surface area contributed by atoms with Gasteiger partial charge in [0.15, 0.2) is 11.0 Å². The van der Waals surface area contributed by atoms with Gasteiger partial charge in [-0.3, -0.25) is 9.59 Å². The summed E-state index contributed by atoms with van der Waals surface area (Å²) in [6.45, 7) is 3.99. The van der Waals surface area contributed by atoms with E-state index in [2.05, 4.69) is 20.8 Å². The Hall–Kier alpha value is -3.91. The van der Waals surface area contributed by atoms with E-state index >= 15 is 0 Å². The molecule has 0 fully saturated rings. The molecule has 172 valence electrons. The fourth-order valence-corrected chi connectivity index (χ4v) is 4.21. The number of benzene rings is 3. The number of nitrogens with zero attached hydrogens (tertiary/aromatic N) is 3. The normalized spacial score (nSPS) is 10.7. The largest absolute Gasteiger partial charge is 0.325 e. The van der Waals surface area contributed by atoms with Crippen LogP contribution in [0.5, 0.6) is 0 Å². The summed E-state index contributed by atoms with van der Waals surface area (Å²) in [5.74, 6) is 0.351. The molecule has 3 aromatic carbocycles. The number of hydrogen-bond donors (Lipinski definition) is 2. The molecule has 0 radical (unpaired) electrons. The van der Waals surface area contributed by atoms with E-state index in [1.165, 1.54) is 11.8 Å². The van der Waals surface area contributed by atoms with Gasteiger partial charge >= 0.3 is 0 Å². The number of amides is 2. The van der Waals surface area contributed by atoms with Crippen LogP contribution in [0.25, 0.3) is 11.4 Å². The van der Waals surface area contributed by atoms with Crippen molar-refractivity contribution in [3.05, 3.63) is 89.5 Å². The van der Waals surface area contributed by atoms with Crippen LogP contribution >= 0.6 is 11.8 Å². The van der Waals surface area contributed by atoms with Crippen LogP contribution in [0.3, 0.4) is 0 Å². The van der Waals surface area contributed by atoms with Crippen molar-refractivity contribution in [1.82, 2.24) is 14.8 Å². The van der Waals surface area contributed by atoms with Gasteiger partial charge in [0.25, 0.3) is 5.91 Å². The fourth-order valence-electron chi connectivity index (χ4n) is 3.50. The quantitative estimate of drug-likeness (QED) is 0.367. The summed E-state index contributed by atoms with van der Waals surface area (Å²) in [5, 5.41) is 14.9. The maximum absolute atomic E-state index is 12.8. The van der Waals surface area contributed by atoms with Gasteiger partial charge in [-0.25, -0.2) is 0 Å². The summed E-state index contributed by atoms with van der Waals surface area (Å²) in [6.07, 6.45) is 0. The van der Waals surface area contributed by atoms with E-state index in [-0.39, 0.29) is 17.6 Å². The number of thioether (sulfide) groups is 1. The van der Waals surface area contributed by atoms with Crippen molar-refractivity contribution in [3.63, 3.8) is 0 Å². The standard InChI is InChI=1S/C26H25N5O2S/c1-17-8-6-10-19(14-17)24-29-30-26(31(24)3)34-16-23(32)28-22-13-5-4-12-21(22)25(33)27-20-11-7-9-18(2)15-20/h4-15H,16H2,1-3H3,(H,27,33)(H,28,32). The third kappa shape index (κ3) is 5.52. The van der Waals surface area contributed by atoms with E-state index in [4.69, 9.17) is 0 Å². The number of aryl methyl sites for hydroxylation is 2. The van der Waals surface area contributed by atoms with Crippen LogP contribution in [0.15, 0.2) is 78.0 Å². The van der Waals surface area contributed by atoms with Gasteiger partial charge in [-0.05, 0) is 49.7 Å². The maximum atomic E-state index is 12.8. The molecular weight excluding hydrogens is 446 g/mol. The number of aromatic nitrogens is 3. The first kappa shape index (κ1) is 23.3. The number of carbonyl (C=O) groups is 2. The molecule has 4 aromatic rings. The zero-order valence-electron chi connectivity index (χ0n) is 19.2. The van der Waals surface area contributed by atoms with E-state index in [0.29, 0.717) is 22.1 Å². The molecule has 0 aliphatic carbocycles. The number of nitrogens with one attached hydrogen (secondary N) is 2. The number of para-hydroxylation sites is 1. The third-order valence-corrected chi connectivity index (χ3v) is 6.19. The highest BCUT2D eigenvalue weighted by atomic mass is 32.2. The van der Waals surface area contributed by atoms with E-state index in [1.807, 2.05) is 74.0 Å². The summed E-state index contributed by atoms with van der Waals surface area (Å²) in [6, 6.07) is 22.5. The number of carbonyl (C=O) groups excluding carboxylic acids is 2. The van der Waals surface area contributed by atoms with E-state index in [0.717, 1.165) is 22.5 Å². The molecule has 0 aliphatic heterocycles. The molecule has 2 amide bonds. The van der Waals surface area contributed by atoms with Gasteiger partial charge in [0.05, 0.1) is 17.0 Å². The zero-order chi connectivity index (χ0) is 24.1. The molecule has 0 spiro atoms. The monoisotopic (exact) mass is 471 g/mol. The Balaban J connectivity index is 1.41. The molecule has 4 rings (SSSR count). The predicted octanol–water partition coefficient (Wildman–Crippen LogP) is 5.08. The second-order valence-electron chi connectivity index (χ2n) is 7.94. The van der Waals surface area contributed by atoms with Crippen LogP contribution < -0.4 is 10.6 Å².